The fraction of sp³-hybridized carbons (Fsp3) is 0.588. The first-order chi connectivity index (χ1) is 11.2. The van der Waals surface area contributed by atoms with E-state index < -0.39 is 5.79 Å². The first kappa shape index (κ1) is 16.7. The first-order valence-corrected chi connectivity index (χ1v) is 9.21. The molecule has 0 saturated carbocycles. The van der Waals surface area contributed by atoms with E-state index in [9.17, 15) is 9.18 Å². The van der Waals surface area contributed by atoms with E-state index in [1.54, 1.807) is 23.9 Å². The van der Waals surface area contributed by atoms with E-state index in [-0.39, 0.29) is 11.7 Å². The highest BCUT2D eigenvalue weighted by molar-refractivity contribution is 7.98. The van der Waals surface area contributed by atoms with Gasteiger partial charge >= 0.3 is 0 Å². The molecule has 126 valence electrons. The number of hydrogen-bond acceptors (Lipinski definition) is 4. The number of carbonyl (C=O) groups is 1. The van der Waals surface area contributed by atoms with Crippen LogP contribution in [0, 0.1) is 5.82 Å². The molecule has 2 saturated heterocycles. The number of thioether (sulfide) groups is 1. The molecule has 0 bridgehead atoms. The topological polar surface area (TPSA) is 38.8 Å². The molecule has 3 rings (SSSR count). The number of hydrogen-bond donors (Lipinski definition) is 0. The summed E-state index contributed by atoms with van der Waals surface area (Å²) >= 11 is 1.59. The lowest BCUT2D eigenvalue weighted by Crippen LogP contribution is -2.47. The monoisotopic (exact) mass is 339 g/mol. The van der Waals surface area contributed by atoms with Crippen LogP contribution in [0.5, 0.6) is 0 Å². The zero-order valence-corrected chi connectivity index (χ0v) is 13.9. The zero-order valence-electron chi connectivity index (χ0n) is 13.1. The molecular formula is C17H22FNO3S. The molecule has 0 aliphatic carbocycles. The number of rotatable bonds is 5. The number of ether oxygens (including phenoxy) is 2. The lowest BCUT2D eigenvalue weighted by atomic mass is 10.0. The molecule has 0 atom stereocenters. The number of halogens is 1. The highest BCUT2D eigenvalue weighted by atomic mass is 32.2. The van der Waals surface area contributed by atoms with Gasteiger partial charge in [-0.05, 0) is 11.6 Å². The van der Waals surface area contributed by atoms with E-state index in [4.69, 9.17) is 9.47 Å². The van der Waals surface area contributed by atoms with Crippen molar-refractivity contribution >= 4 is 17.7 Å². The van der Waals surface area contributed by atoms with Gasteiger partial charge in [0, 0.05) is 43.9 Å². The van der Waals surface area contributed by atoms with Crippen LogP contribution in [0.3, 0.4) is 0 Å². The highest BCUT2D eigenvalue weighted by Crippen LogP contribution is 2.31. The summed E-state index contributed by atoms with van der Waals surface area (Å²) < 4.78 is 24.8. The Morgan fingerprint density at radius 3 is 2.61 bits per heavy atom. The van der Waals surface area contributed by atoms with Gasteiger partial charge in [0.05, 0.1) is 13.2 Å². The number of amides is 1. The van der Waals surface area contributed by atoms with Gasteiger partial charge in [-0.1, -0.05) is 18.2 Å². The maximum absolute atomic E-state index is 13.5. The van der Waals surface area contributed by atoms with Crippen molar-refractivity contribution < 1.29 is 18.7 Å². The molecule has 1 spiro atoms. The Bertz CT molecular complexity index is 538. The van der Waals surface area contributed by atoms with Crippen LogP contribution in [0.2, 0.25) is 0 Å². The van der Waals surface area contributed by atoms with E-state index in [0.717, 1.165) is 12.8 Å². The van der Waals surface area contributed by atoms with E-state index in [1.165, 1.54) is 6.07 Å². The van der Waals surface area contributed by atoms with E-state index in [1.807, 2.05) is 11.0 Å². The van der Waals surface area contributed by atoms with Crippen LogP contribution in [-0.4, -0.2) is 48.7 Å². The Balaban J connectivity index is 1.36. The minimum Gasteiger partial charge on any atom is -0.347 e. The number of piperidine rings is 1. The molecule has 1 aromatic carbocycles. The normalized spacial score (nSPS) is 20.1. The minimum absolute atomic E-state index is 0.166. The average Bonchev–Trinajstić information content (AvgIpc) is 3.02. The van der Waals surface area contributed by atoms with Gasteiger partial charge in [-0.25, -0.2) is 4.39 Å². The van der Waals surface area contributed by atoms with Gasteiger partial charge in [0.25, 0.3) is 0 Å². The molecular weight excluding hydrogens is 317 g/mol. The molecule has 0 N–H and O–H groups in total. The quantitative estimate of drug-likeness (QED) is 0.773. The summed E-state index contributed by atoms with van der Waals surface area (Å²) in [5.74, 6) is 0.867. The molecule has 2 aliphatic heterocycles. The van der Waals surface area contributed by atoms with E-state index >= 15 is 0 Å². The average molecular weight is 339 g/mol. The molecule has 2 heterocycles. The molecule has 0 aromatic heterocycles. The van der Waals surface area contributed by atoms with Crippen molar-refractivity contribution in [2.75, 3.05) is 32.1 Å². The summed E-state index contributed by atoms with van der Waals surface area (Å²) in [6, 6.07) is 6.78. The second kappa shape index (κ2) is 7.64. The minimum atomic E-state index is -0.434. The summed E-state index contributed by atoms with van der Waals surface area (Å²) in [4.78, 5) is 14.1. The molecule has 2 fully saturated rings. The third kappa shape index (κ3) is 4.25. The molecule has 1 amide bonds. The van der Waals surface area contributed by atoms with Gasteiger partial charge in [-0.15, -0.1) is 0 Å². The summed E-state index contributed by atoms with van der Waals surface area (Å²) in [6.45, 7) is 2.69. The fourth-order valence-corrected chi connectivity index (χ4v) is 3.91. The van der Waals surface area contributed by atoms with Gasteiger partial charge in [0.2, 0.25) is 5.91 Å². The van der Waals surface area contributed by atoms with Gasteiger partial charge in [0.15, 0.2) is 5.79 Å². The maximum atomic E-state index is 13.5. The molecule has 6 heteroatoms. The largest absolute Gasteiger partial charge is 0.347 e. The summed E-state index contributed by atoms with van der Waals surface area (Å²) in [5.41, 5.74) is 0.695. The van der Waals surface area contributed by atoms with Crippen molar-refractivity contribution in [1.29, 1.82) is 0 Å². The van der Waals surface area contributed by atoms with Crippen LogP contribution in [0.4, 0.5) is 4.39 Å². The van der Waals surface area contributed by atoms with Crippen molar-refractivity contribution in [3.63, 3.8) is 0 Å². The zero-order chi connectivity index (χ0) is 16.1. The second-order valence-electron chi connectivity index (χ2n) is 5.88. The Hall–Kier alpha value is -1.11. The van der Waals surface area contributed by atoms with Crippen LogP contribution in [0.25, 0.3) is 0 Å². The van der Waals surface area contributed by atoms with Crippen molar-refractivity contribution in [3.8, 4) is 0 Å². The third-order valence-electron chi connectivity index (χ3n) is 4.37. The van der Waals surface area contributed by atoms with Gasteiger partial charge in [0.1, 0.15) is 5.82 Å². The van der Waals surface area contributed by atoms with Crippen LogP contribution >= 0.6 is 11.8 Å². The molecule has 4 nitrogen and oxygen atoms in total. The number of nitrogens with zero attached hydrogens (tertiary/aromatic N) is 1. The van der Waals surface area contributed by atoms with Gasteiger partial charge < -0.3 is 14.4 Å². The third-order valence-corrected chi connectivity index (χ3v) is 5.38. The predicted molar refractivity (Wildman–Crippen MR) is 87.6 cm³/mol. The Morgan fingerprint density at radius 2 is 1.91 bits per heavy atom. The molecule has 0 radical (unpaired) electrons. The van der Waals surface area contributed by atoms with Crippen LogP contribution in [0.15, 0.2) is 24.3 Å². The Morgan fingerprint density at radius 1 is 1.22 bits per heavy atom. The second-order valence-corrected chi connectivity index (χ2v) is 6.99. The Labute approximate surface area is 140 Å². The number of benzene rings is 1. The van der Waals surface area contributed by atoms with E-state index in [2.05, 4.69) is 0 Å². The predicted octanol–water partition coefficient (Wildman–Crippen LogP) is 2.81. The van der Waals surface area contributed by atoms with Crippen molar-refractivity contribution in [1.82, 2.24) is 4.90 Å². The van der Waals surface area contributed by atoms with Crippen molar-refractivity contribution in [2.24, 2.45) is 0 Å². The van der Waals surface area contributed by atoms with Crippen LogP contribution in [0.1, 0.15) is 24.8 Å². The molecule has 1 aromatic rings. The first-order valence-electron chi connectivity index (χ1n) is 8.05. The van der Waals surface area contributed by atoms with Gasteiger partial charge in [-0.2, -0.15) is 11.8 Å². The SMILES string of the molecule is O=C(CCSCc1ccccc1F)N1CCC2(CC1)OCCO2. The van der Waals surface area contributed by atoms with Crippen LogP contribution < -0.4 is 0 Å². The number of likely N-dealkylation sites (tertiary alicyclic amines) is 1. The lowest BCUT2D eigenvalue weighted by Gasteiger charge is -2.37. The smallest absolute Gasteiger partial charge is 0.223 e. The molecule has 23 heavy (non-hydrogen) atoms. The molecule has 2 aliphatic rings. The standard InChI is InChI=1S/C17H22FNO3S/c18-15-4-2-1-3-14(15)13-23-12-5-16(20)19-8-6-17(7-9-19)21-10-11-22-17/h1-4H,5-13H2. The lowest BCUT2D eigenvalue weighted by molar-refractivity contribution is -0.187. The Kier molecular flexibility index (Phi) is 5.56. The van der Waals surface area contributed by atoms with Crippen molar-refractivity contribution in [2.45, 2.75) is 30.8 Å². The summed E-state index contributed by atoms with van der Waals surface area (Å²) in [7, 11) is 0. The van der Waals surface area contributed by atoms with Gasteiger partial charge in [-0.3, -0.25) is 4.79 Å². The highest BCUT2D eigenvalue weighted by Gasteiger charge is 2.40. The maximum Gasteiger partial charge on any atom is 0.223 e. The number of carbonyl (C=O) groups excluding carboxylic acids is 1. The summed E-state index contributed by atoms with van der Waals surface area (Å²) in [6.07, 6.45) is 2.00. The summed E-state index contributed by atoms with van der Waals surface area (Å²) in [5, 5.41) is 0. The van der Waals surface area contributed by atoms with E-state index in [0.29, 0.717) is 49.8 Å². The fourth-order valence-electron chi connectivity index (χ4n) is 3.00. The van der Waals surface area contributed by atoms with Crippen molar-refractivity contribution in [3.05, 3.63) is 35.6 Å². The molecule has 0 unspecified atom stereocenters. The van der Waals surface area contributed by atoms with Crippen LogP contribution in [-0.2, 0) is 20.0 Å².